The topological polar surface area (TPSA) is 220 Å². The molecule has 1 aromatic carbocycles. The van der Waals surface area contributed by atoms with Crippen LogP contribution in [0, 0.1) is 13.8 Å². The lowest BCUT2D eigenvalue weighted by Gasteiger charge is -2.32. The fourth-order valence-electron chi connectivity index (χ4n) is 10.4. The molecule has 328 valence electrons. The van der Waals surface area contributed by atoms with Gasteiger partial charge < -0.3 is 55.1 Å². The normalized spacial score (nSPS) is 28.0. The van der Waals surface area contributed by atoms with Crippen LogP contribution in [0.4, 0.5) is 0 Å². The lowest BCUT2D eigenvalue weighted by Crippen LogP contribution is -3.10. The number of nitrogens with one attached hydrogen (secondary N) is 3. The average molecular weight is 857 g/mol. The van der Waals surface area contributed by atoms with Crippen molar-refractivity contribution in [3.05, 3.63) is 112 Å². The predicted octanol–water partition coefficient (Wildman–Crippen LogP) is 1.24. The van der Waals surface area contributed by atoms with Crippen LogP contribution in [0.1, 0.15) is 69.8 Å². The van der Waals surface area contributed by atoms with E-state index >= 15 is 0 Å². The van der Waals surface area contributed by atoms with Crippen molar-refractivity contribution < 1.29 is 35.0 Å². The molecule has 7 N–H and O–H groups in total. The number of hydrogen-bond acceptors (Lipinski definition) is 14. The standard InChI is InChI=1S/C45H52N12O6/c1-23-12-25-4-8-47-18-31(25)45(53-23)63-38-16-34(40(59)42(38)61)56-11-7-29-32(49-22-51-44(29)56)20-57-52-19-35(54(57)3)27-13-26-5-9-46-17-30(26)36(14-27)62-37-15-33(39(58)41(37)60)55-10-6-28-24(2)48-21-50-43(28)55/h6-7,10-14,19,21-22,33-34,37-42,46-47,57-61H,4-5,8-9,15-18,20H2,1-3H3/t33-,34-,37+,38+,39+,40+,41-,42-/m1/s1. The maximum Gasteiger partial charge on any atom is 0.218 e. The summed E-state index contributed by atoms with van der Waals surface area (Å²) in [5.74, 6) is 1.18. The number of benzene rings is 1. The Hall–Kier alpha value is -5.73. The Labute approximate surface area is 363 Å². The fourth-order valence-corrected chi connectivity index (χ4v) is 10.4. The van der Waals surface area contributed by atoms with Gasteiger partial charge in [0.15, 0.2) is 0 Å². The zero-order valence-electron chi connectivity index (χ0n) is 35.4. The third-order valence-corrected chi connectivity index (χ3v) is 13.8. The highest BCUT2D eigenvalue weighted by Gasteiger charge is 2.46. The lowest BCUT2D eigenvalue weighted by molar-refractivity contribution is -0.974. The zero-order valence-corrected chi connectivity index (χ0v) is 35.4. The maximum atomic E-state index is 11.4. The van der Waals surface area contributed by atoms with Crippen LogP contribution in [0.25, 0.3) is 33.2 Å². The molecule has 18 nitrogen and oxygen atoms in total. The van der Waals surface area contributed by atoms with Gasteiger partial charge in [-0.2, -0.15) is 0 Å². The van der Waals surface area contributed by atoms with Gasteiger partial charge in [-0.25, -0.2) is 29.9 Å². The second-order valence-corrected chi connectivity index (χ2v) is 17.5. The first-order valence-electron chi connectivity index (χ1n) is 21.8. The molecular formula is C45H52N12O6. The number of aliphatic hydroxyl groups is 4. The summed E-state index contributed by atoms with van der Waals surface area (Å²) in [6.45, 7) is 7.30. The number of hydrogen-bond donors (Lipinski definition) is 7. The molecule has 2 aliphatic carbocycles. The minimum Gasteiger partial charge on any atom is -0.487 e. The van der Waals surface area contributed by atoms with E-state index in [2.05, 4.69) is 47.7 Å². The Morgan fingerprint density at radius 3 is 2.13 bits per heavy atom. The average Bonchev–Trinajstić information content (AvgIpc) is 4.11. The van der Waals surface area contributed by atoms with Crippen molar-refractivity contribution in [1.29, 1.82) is 0 Å². The second-order valence-electron chi connectivity index (χ2n) is 17.5. The molecule has 2 fully saturated rings. The van der Waals surface area contributed by atoms with E-state index in [0.717, 1.165) is 86.9 Å². The van der Waals surface area contributed by atoms with E-state index in [1.807, 2.05) is 66.8 Å². The highest BCUT2D eigenvalue weighted by Crippen LogP contribution is 2.40. The fraction of sp³-hybridized carbons (Fsp3) is 0.444. The molecule has 0 radical (unpaired) electrons. The van der Waals surface area contributed by atoms with Gasteiger partial charge in [-0.15, -0.1) is 6.20 Å². The number of rotatable bonds is 9. The summed E-state index contributed by atoms with van der Waals surface area (Å²) >= 11 is 0. The van der Waals surface area contributed by atoms with Gasteiger partial charge in [0.05, 0.1) is 30.5 Å². The monoisotopic (exact) mass is 856 g/mol. The van der Waals surface area contributed by atoms with Gasteiger partial charge >= 0.3 is 0 Å². The van der Waals surface area contributed by atoms with Gasteiger partial charge in [0.2, 0.25) is 5.88 Å². The summed E-state index contributed by atoms with van der Waals surface area (Å²) in [5.41, 5.74) is 15.0. The van der Waals surface area contributed by atoms with Crippen molar-refractivity contribution >= 4 is 27.8 Å². The van der Waals surface area contributed by atoms with Gasteiger partial charge in [-0.1, -0.05) is 0 Å². The third kappa shape index (κ3) is 6.87. The van der Waals surface area contributed by atoms with Gasteiger partial charge in [0, 0.05) is 71.5 Å². The maximum absolute atomic E-state index is 11.4. The molecule has 0 amide bonds. The zero-order chi connectivity index (χ0) is 43.1. The van der Waals surface area contributed by atoms with Crippen LogP contribution < -0.4 is 25.2 Å². The summed E-state index contributed by atoms with van der Waals surface area (Å²) < 4.78 is 16.9. The largest absolute Gasteiger partial charge is 0.487 e. The number of nitrogens with zero attached hydrogens (tertiary/aromatic N) is 9. The van der Waals surface area contributed by atoms with Gasteiger partial charge in [0.25, 0.3) is 0 Å². The highest BCUT2D eigenvalue weighted by molar-refractivity contribution is 5.79. The third-order valence-electron chi connectivity index (χ3n) is 13.8. The molecule has 0 saturated heterocycles. The Morgan fingerprint density at radius 2 is 1.40 bits per heavy atom. The van der Waals surface area contributed by atoms with Crippen molar-refractivity contribution in [3.8, 4) is 11.6 Å². The molecule has 11 rings (SSSR count). The van der Waals surface area contributed by atoms with Crippen LogP contribution in [0.15, 0.2) is 61.6 Å². The summed E-state index contributed by atoms with van der Waals surface area (Å²) in [4.78, 5) is 22.8. The summed E-state index contributed by atoms with van der Waals surface area (Å²) in [6, 6.07) is 9.30. The van der Waals surface area contributed by atoms with Crippen molar-refractivity contribution in [2.24, 2.45) is 0 Å². The number of aliphatic hydroxyl groups excluding tert-OH is 4. The molecule has 63 heavy (non-hydrogen) atoms. The SMILES string of the molecule is Cc1cc2c(c(O[C@H]3C[C@@H](n4ccc5c(C[NH+]6[N-]C=C(c7cc8c(c(O[C@H]9C[C@@H](n%10ccc%11c(C)ncnc%11%10)[C@H](O)[C@@H]9O)c7)CNCC8)N6C)ncnc54)[C@H](O)[C@@H]3O)n1)CNCC2. The van der Waals surface area contributed by atoms with E-state index < -0.39 is 48.7 Å². The molecule has 0 spiro atoms. The van der Waals surface area contributed by atoms with Crippen LogP contribution in [0.2, 0.25) is 0 Å². The Morgan fingerprint density at radius 1 is 0.762 bits per heavy atom. The minimum absolute atomic E-state index is 0.370. The summed E-state index contributed by atoms with van der Waals surface area (Å²) in [5, 5.41) is 56.8. The molecule has 5 aliphatic rings. The van der Waals surface area contributed by atoms with Crippen molar-refractivity contribution in [2.75, 3.05) is 20.1 Å². The molecule has 8 heterocycles. The number of aryl methyl sites for hydroxylation is 2. The lowest BCUT2D eigenvalue weighted by atomic mass is 9.96. The quantitative estimate of drug-likeness (QED) is 0.109. The molecular weight excluding hydrogens is 805 g/mol. The van der Waals surface area contributed by atoms with Crippen LogP contribution in [-0.4, -0.2) is 116 Å². The molecule has 18 heteroatoms. The van der Waals surface area contributed by atoms with E-state index in [4.69, 9.17) is 19.9 Å². The van der Waals surface area contributed by atoms with Gasteiger partial charge in [-0.05, 0) is 81.2 Å². The van der Waals surface area contributed by atoms with E-state index in [1.54, 1.807) is 0 Å². The van der Waals surface area contributed by atoms with Crippen LogP contribution >= 0.6 is 0 Å². The number of fused-ring (bicyclic) bond motifs is 4. The predicted molar refractivity (Wildman–Crippen MR) is 230 cm³/mol. The molecule has 6 aromatic rings. The van der Waals surface area contributed by atoms with E-state index in [9.17, 15) is 20.4 Å². The summed E-state index contributed by atoms with van der Waals surface area (Å²) in [7, 11) is 1.99. The number of aromatic nitrogens is 7. The molecule has 3 aliphatic heterocycles. The first-order chi connectivity index (χ1) is 30.6. The van der Waals surface area contributed by atoms with Gasteiger partial charge in [0.1, 0.15) is 78.6 Å². The Balaban J connectivity index is 0.807. The second kappa shape index (κ2) is 15.8. The van der Waals surface area contributed by atoms with Gasteiger partial charge in [-0.3, -0.25) is 5.12 Å². The van der Waals surface area contributed by atoms with E-state index in [-0.39, 0.29) is 0 Å². The molecule has 0 bridgehead atoms. The first kappa shape index (κ1) is 40.1. The molecule has 2 saturated carbocycles. The smallest absolute Gasteiger partial charge is 0.218 e. The van der Waals surface area contributed by atoms with Crippen molar-refractivity contribution in [3.63, 3.8) is 0 Å². The van der Waals surface area contributed by atoms with Crippen LogP contribution in [0.5, 0.6) is 11.6 Å². The minimum atomic E-state index is -1.11. The number of pyridine rings is 1. The highest BCUT2D eigenvalue weighted by atomic mass is 16.5. The van der Waals surface area contributed by atoms with Crippen molar-refractivity contribution in [1.82, 2.24) is 49.7 Å². The van der Waals surface area contributed by atoms with E-state index in [1.165, 1.54) is 18.2 Å². The first-order valence-corrected chi connectivity index (χ1v) is 21.8. The van der Waals surface area contributed by atoms with Crippen LogP contribution in [-0.2, 0) is 32.5 Å². The molecule has 1 unspecified atom stereocenters. The van der Waals surface area contributed by atoms with E-state index in [0.29, 0.717) is 55.4 Å². The number of ether oxygens (including phenoxy) is 2. The molecule has 5 aromatic heterocycles. The van der Waals surface area contributed by atoms with Crippen LogP contribution in [0.3, 0.4) is 0 Å². The van der Waals surface area contributed by atoms with Crippen molar-refractivity contribution in [2.45, 2.75) is 108 Å². The Kier molecular flexibility index (Phi) is 10.1. The summed E-state index contributed by atoms with van der Waals surface area (Å²) in [6.07, 6.45) is 5.53. The number of quaternary nitrogens is 1. The Bertz CT molecular complexity index is 2760. The molecule has 9 atom stereocenters.